The average molecular weight is 168 g/mol. The maximum Gasteiger partial charge on any atom is 0.0977 e. The fourth-order valence-electron chi connectivity index (χ4n) is 1.54. The Kier molecular flexibility index (Phi) is 1.35. The van der Waals surface area contributed by atoms with E-state index in [1.807, 2.05) is 11.6 Å². The Labute approximate surface area is 70.5 Å². The third-order valence-electron chi connectivity index (χ3n) is 2.63. The van der Waals surface area contributed by atoms with E-state index in [1.165, 1.54) is 5.01 Å². The fourth-order valence-corrected chi connectivity index (χ4v) is 2.52. The predicted octanol–water partition coefficient (Wildman–Crippen LogP) is 1.59. The molecule has 1 saturated carbocycles. The molecule has 0 bridgehead atoms. The van der Waals surface area contributed by atoms with Crippen molar-refractivity contribution < 1.29 is 0 Å². The van der Waals surface area contributed by atoms with Gasteiger partial charge in [-0.2, -0.15) is 0 Å². The largest absolute Gasteiger partial charge is 0.327 e. The summed E-state index contributed by atoms with van der Waals surface area (Å²) in [7, 11) is 0. The van der Waals surface area contributed by atoms with Crippen molar-refractivity contribution in [1.29, 1.82) is 0 Å². The smallest absolute Gasteiger partial charge is 0.0977 e. The minimum atomic E-state index is 0.276. The zero-order valence-electron chi connectivity index (χ0n) is 6.74. The summed E-state index contributed by atoms with van der Waals surface area (Å²) in [5.41, 5.74) is 6.18. The predicted molar refractivity (Wildman–Crippen MR) is 46.6 cm³/mol. The quantitative estimate of drug-likeness (QED) is 0.691. The van der Waals surface area contributed by atoms with Crippen molar-refractivity contribution in [3.63, 3.8) is 0 Å². The Morgan fingerprint density at radius 1 is 1.64 bits per heavy atom. The lowest BCUT2D eigenvalue weighted by molar-refractivity contribution is 0.598. The highest BCUT2D eigenvalue weighted by atomic mass is 32.1. The number of nitrogens with zero attached hydrogens (tertiary/aromatic N) is 1. The second-order valence-corrected chi connectivity index (χ2v) is 4.62. The number of thiazole rings is 1. The molecule has 1 fully saturated rings. The van der Waals surface area contributed by atoms with E-state index in [0.29, 0.717) is 12.0 Å². The van der Waals surface area contributed by atoms with Crippen molar-refractivity contribution in [2.45, 2.75) is 25.8 Å². The number of hydrogen-bond acceptors (Lipinski definition) is 3. The molecule has 0 unspecified atom stereocenters. The van der Waals surface area contributed by atoms with Crippen LogP contribution in [0.25, 0.3) is 0 Å². The molecule has 2 rings (SSSR count). The lowest BCUT2D eigenvalue weighted by atomic mass is 10.1. The number of hydrogen-bond donors (Lipinski definition) is 1. The van der Waals surface area contributed by atoms with E-state index in [4.69, 9.17) is 5.73 Å². The van der Waals surface area contributed by atoms with Crippen LogP contribution in [0.5, 0.6) is 0 Å². The molecule has 60 valence electrons. The van der Waals surface area contributed by atoms with Gasteiger partial charge in [0.25, 0.3) is 0 Å². The summed E-state index contributed by atoms with van der Waals surface area (Å²) in [4.78, 5) is 4.26. The summed E-state index contributed by atoms with van der Waals surface area (Å²) in [6.45, 7) is 4.40. The van der Waals surface area contributed by atoms with Gasteiger partial charge in [-0.15, -0.1) is 11.3 Å². The van der Waals surface area contributed by atoms with Crippen molar-refractivity contribution in [3.05, 3.63) is 16.6 Å². The molecule has 1 aliphatic carbocycles. The van der Waals surface area contributed by atoms with Crippen molar-refractivity contribution in [2.75, 3.05) is 0 Å². The van der Waals surface area contributed by atoms with Crippen LogP contribution < -0.4 is 5.73 Å². The highest BCUT2D eigenvalue weighted by molar-refractivity contribution is 7.09. The van der Waals surface area contributed by atoms with Crippen LogP contribution in [0.4, 0.5) is 0 Å². The van der Waals surface area contributed by atoms with Gasteiger partial charge in [0.05, 0.1) is 5.01 Å². The first-order valence-corrected chi connectivity index (χ1v) is 4.67. The van der Waals surface area contributed by atoms with E-state index < -0.39 is 0 Å². The Morgan fingerprint density at radius 3 is 2.64 bits per heavy atom. The molecule has 1 aliphatic rings. The monoisotopic (exact) mass is 168 g/mol. The number of rotatable bonds is 1. The zero-order valence-corrected chi connectivity index (χ0v) is 7.56. The molecule has 0 aromatic carbocycles. The molecular formula is C8H12N2S. The number of nitrogens with two attached hydrogens (primary N) is 1. The lowest BCUT2D eigenvalue weighted by Gasteiger charge is -1.96. The van der Waals surface area contributed by atoms with Crippen LogP contribution in [-0.2, 0) is 0 Å². The average Bonchev–Trinajstić information content (AvgIpc) is 2.40. The minimum absolute atomic E-state index is 0.276. The van der Waals surface area contributed by atoms with Crippen LogP contribution in [0.2, 0.25) is 0 Å². The van der Waals surface area contributed by atoms with Gasteiger partial charge in [-0.1, -0.05) is 13.8 Å². The van der Waals surface area contributed by atoms with Crippen molar-refractivity contribution in [2.24, 2.45) is 11.1 Å². The van der Waals surface area contributed by atoms with Crippen molar-refractivity contribution in [3.8, 4) is 0 Å². The molecule has 0 radical (unpaired) electrons. The Morgan fingerprint density at radius 2 is 2.27 bits per heavy atom. The SMILES string of the molecule is CC1(C)[C@H](N)[C@H]1c1nccs1. The summed E-state index contributed by atoms with van der Waals surface area (Å²) in [5, 5.41) is 3.21. The van der Waals surface area contributed by atoms with Gasteiger partial charge in [0.15, 0.2) is 0 Å². The van der Waals surface area contributed by atoms with E-state index >= 15 is 0 Å². The Balaban J connectivity index is 2.23. The van der Waals surface area contributed by atoms with Gasteiger partial charge >= 0.3 is 0 Å². The molecule has 0 amide bonds. The fraction of sp³-hybridized carbons (Fsp3) is 0.625. The van der Waals surface area contributed by atoms with Gasteiger partial charge in [-0.3, -0.25) is 0 Å². The Bertz CT molecular complexity index is 253. The molecule has 0 aliphatic heterocycles. The van der Waals surface area contributed by atoms with Gasteiger partial charge in [0, 0.05) is 23.5 Å². The lowest BCUT2D eigenvalue weighted by Crippen LogP contribution is -2.06. The molecule has 11 heavy (non-hydrogen) atoms. The highest BCUT2D eigenvalue weighted by Gasteiger charge is 2.57. The molecule has 2 atom stereocenters. The molecule has 0 saturated heterocycles. The van der Waals surface area contributed by atoms with E-state index in [9.17, 15) is 0 Å². The first-order valence-electron chi connectivity index (χ1n) is 3.79. The maximum absolute atomic E-state index is 5.90. The summed E-state index contributed by atoms with van der Waals surface area (Å²) in [6, 6.07) is 0.314. The van der Waals surface area contributed by atoms with E-state index in [2.05, 4.69) is 18.8 Å². The summed E-state index contributed by atoms with van der Waals surface area (Å²) >= 11 is 1.71. The van der Waals surface area contributed by atoms with Crippen LogP contribution in [-0.4, -0.2) is 11.0 Å². The van der Waals surface area contributed by atoms with E-state index in [1.54, 1.807) is 11.3 Å². The standard InChI is InChI=1S/C8H12N2S/c1-8(2)5(6(8)9)7-10-3-4-11-7/h3-6H,9H2,1-2H3/t5-,6+/m0/s1. The molecule has 1 aromatic heterocycles. The first kappa shape index (κ1) is 7.25. The topological polar surface area (TPSA) is 38.9 Å². The second-order valence-electron chi connectivity index (χ2n) is 3.70. The van der Waals surface area contributed by atoms with E-state index in [-0.39, 0.29) is 5.41 Å². The van der Waals surface area contributed by atoms with Crippen molar-refractivity contribution in [1.82, 2.24) is 4.98 Å². The molecule has 1 heterocycles. The van der Waals surface area contributed by atoms with Crippen LogP contribution in [0.15, 0.2) is 11.6 Å². The minimum Gasteiger partial charge on any atom is -0.327 e. The molecule has 3 heteroatoms. The molecule has 2 nitrogen and oxygen atoms in total. The summed E-state index contributed by atoms with van der Waals surface area (Å²) in [5.74, 6) is 0.502. The summed E-state index contributed by atoms with van der Waals surface area (Å²) in [6.07, 6.45) is 1.85. The van der Waals surface area contributed by atoms with Crippen LogP contribution in [0.1, 0.15) is 24.8 Å². The van der Waals surface area contributed by atoms with Crippen LogP contribution >= 0.6 is 11.3 Å². The molecule has 2 N–H and O–H groups in total. The summed E-state index contributed by atoms with van der Waals surface area (Å²) < 4.78 is 0. The van der Waals surface area contributed by atoms with Gasteiger partial charge in [-0.05, 0) is 5.41 Å². The Hall–Kier alpha value is -0.410. The van der Waals surface area contributed by atoms with Crippen LogP contribution in [0.3, 0.4) is 0 Å². The van der Waals surface area contributed by atoms with Gasteiger partial charge < -0.3 is 5.73 Å². The maximum atomic E-state index is 5.90. The normalized spacial score (nSPS) is 33.7. The first-order chi connectivity index (χ1) is 5.14. The molecular weight excluding hydrogens is 156 g/mol. The van der Waals surface area contributed by atoms with Crippen LogP contribution in [0, 0.1) is 5.41 Å². The third kappa shape index (κ3) is 0.914. The van der Waals surface area contributed by atoms with Gasteiger partial charge in [0.2, 0.25) is 0 Å². The van der Waals surface area contributed by atoms with Crippen molar-refractivity contribution >= 4 is 11.3 Å². The van der Waals surface area contributed by atoms with E-state index in [0.717, 1.165) is 0 Å². The second kappa shape index (κ2) is 2.05. The van der Waals surface area contributed by atoms with Gasteiger partial charge in [-0.25, -0.2) is 4.98 Å². The highest BCUT2D eigenvalue weighted by Crippen LogP contribution is 2.57. The molecule has 1 aromatic rings. The number of aromatic nitrogens is 1. The van der Waals surface area contributed by atoms with Gasteiger partial charge in [0.1, 0.15) is 0 Å². The zero-order chi connectivity index (χ0) is 8.06. The molecule has 0 spiro atoms. The third-order valence-corrected chi connectivity index (χ3v) is 3.49.